The average Bonchev–Trinajstić information content (AvgIpc) is 3.22. The Kier molecular flexibility index (Phi) is 7.65. The van der Waals surface area contributed by atoms with Crippen molar-refractivity contribution < 1.29 is 28.2 Å². The first-order chi connectivity index (χ1) is 15.8. The number of piperidine rings is 1. The third-order valence-electron chi connectivity index (χ3n) is 5.26. The van der Waals surface area contributed by atoms with Crippen molar-refractivity contribution >= 4 is 29.5 Å². The number of rotatable bonds is 8. The van der Waals surface area contributed by atoms with Gasteiger partial charge in [-0.3, -0.25) is 9.48 Å². The lowest BCUT2D eigenvalue weighted by Gasteiger charge is -2.36. The van der Waals surface area contributed by atoms with E-state index >= 15 is 0 Å². The van der Waals surface area contributed by atoms with E-state index in [0.29, 0.717) is 18.7 Å². The minimum atomic E-state index is -0.692. The van der Waals surface area contributed by atoms with Gasteiger partial charge in [-0.05, 0) is 37.6 Å². The lowest BCUT2D eigenvalue weighted by Crippen LogP contribution is -2.45. The highest BCUT2D eigenvalue weighted by Crippen LogP contribution is 2.31. The van der Waals surface area contributed by atoms with Crippen molar-refractivity contribution in [3.05, 3.63) is 54.5 Å². The molecule has 176 valence electrons. The molecule has 10 nitrogen and oxygen atoms in total. The van der Waals surface area contributed by atoms with Gasteiger partial charge in [0.15, 0.2) is 12.4 Å². The molecule has 1 aliphatic heterocycles. The summed E-state index contributed by atoms with van der Waals surface area (Å²) in [6.07, 6.45) is 3.20. The first-order valence-electron chi connectivity index (χ1n) is 10.4. The van der Waals surface area contributed by atoms with Crippen LogP contribution in [0.4, 0.5) is 20.7 Å². The van der Waals surface area contributed by atoms with Gasteiger partial charge in [0.05, 0.1) is 12.6 Å². The molecule has 0 bridgehead atoms. The number of nitrogens with zero attached hydrogens (tertiary/aromatic N) is 3. The monoisotopic (exact) mass is 459 g/mol. The van der Waals surface area contributed by atoms with Crippen LogP contribution in [0.2, 0.25) is 0 Å². The van der Waals surface area contributed by atoms with Crippen molar-refractivity contribution in [2.45, 2.75) is 19.4 Å². The molecule has 1 aromatic carbocycles. The van der Waals surface area contributed by atoms with Crippen LogP contribution < -0.4 is 11.1 Å². The van der Waals surface area contributed by atoms with Crippen LogP contribution in [0.3, 0.4) is 0 Å². The van der Waals surface area contributed by atoms with Crippen LogP contribution in [0.1, 0.15) is 29.7 Å². The van der Waals surface area contributed by atoms with Crippen molar-refractivity contribution in [2.75, 3.05) is 31.6 Å². The third-order valence-corrected chi connectivity index (χ3v) is 5.26. The maximum absolute atomic E-state index is 13.2. The van der Waals surface area contributed by atoms with Crippen LogP contribution in [0.15, 0.2) is 43.1 Å². The summed E-state index contributed by atoms with van der Waals surface area (Å²) >= 11 is 0. The van der Waals surface area contributed by atoms with Gasteiger partial charge in [-0.15, -0.1) is 6.58 Å². The number of likely N-dealkylation sites (tertiary alicyclic amines) is 1. The maximum Gasteiger partial charge on any atom is 0.410 e. The molecule has 33 heavy (non-hydrogen) atoms. The van der Waals surface area contributed by atoms with E-state index in [2.05, 4.69) is 17.0 Å². The van der Waals surface area contributed by atoms with E-state index in [-0.39, 0.29) is 36.5 Å². The molecule has 0 saturated carbocycles. The van der Waals surface area contributed by atoms with Crippen molar-refractivity contribution in [3.63, 3.8) is 0 Å². The van der Waals surface area contributed by atoms with Crippen LogP contribution in [0.25, 0.3) is 0 Å². The predicted molar refractivity (Wildman–Crippen MR) is 117 cm³/mol. The van der Waals surface area contributed by atoms with Crippen LogP contribution in [0.5, 0.6) is 0 Å². The normalized spacial score (nSPS) is 17.8. The summed E-state index contributed by atoms with van der Waals surface area (Å²) in [4.78, 5) is 37.4. The molecule has 11 heteroatoms. The number of ether oxygens (including phenoxy) is 2. The van der Waals surface area contributed by atoms with Gasteiger partial charge in [0, 0.05) is 30.9 Å². The zero-order chi connectivity index (χ0) is 24.0. The molecule has 3 N–H and O–H groups in total. The first-order valence-corrected chi connectivity index (χ1v) is 10.4. The van der Waals surface area contributed by atoms with E-state index in [9.17, 15) is 18.8 Å². The summed E-state index contributed by atoms with van der Waals surface area (Å²) in [7, 11) is 0. The lowest BCUT2D eigenvalue weighted by molar-refractivity contribution is -0.146. The number of nitrogens with one attached hydrogen (secondary N) is 1. The number of amides is 2. The van der Waals surface area contributed by atoms with Gasteiger partial charge in [0.25, 0.3) is 5.91 Å². The lowest BCUT2D eigenvalue weighted by atomic mass is 9.92. The van der Waals surface area contributed by atoms with Crippen molar-refractivity contribution in [1.29, 1.82) is 0 Å². The minimum absolute atomic E-state index is 0.0431. The number of hydrogen-bond donors (Lipinski definition) is 2. The Morgan fingerprint density at radius 3 is 2.67 bits per heavy atom. The summed E-state index contributed by atoms with van der Waals surface area (Å²) in [5, 5.41) is 7.44. The Balaban J connectivity index is 1.79. The molecule has 3 rings (SSSR count). The van der Waals surface area contributed by atoms with E-state index < -0.39 is 30.4 Å². The Morgan fingerprint density at radius 1 is 1.30 bits per heavy atom. The van der Waals surface area contributed by atoms with E-state index in [1.165, 1.54) is 35.4 Å². The number of esters is 1. The molecule has 1 aromatic heterocycles. The predicted octanol–water partition coefficient (Wildman–Crippen LogP) is 2.61. The number of halogens is 1. The van der Waals surface area contributed by atoms with Crippen molar-refractivity contribution in [2.24, 2.45) is 11.7 Å². The zero-order valence-corrected chi connectivity index (χ0v) is 18.2. The highest BCUT2D eigenvalue weighted by Gasteiger charge is 2.33. The second kappa shape index (κ2) is 10.6. The summed E-state index contributed by atoms with van der Waals surface area (Å²) in [5.41, 5.74) is 6.20. The summed E-state index contributed by atoms with van der Waals surface area (Å²) in [6.45, 7) is 5.87. The highest BCUT2D eigenvalue weighted by molar-refractivity contribution is 5.98. The largest absolute Gasteiger partial charge is 0.463 e. The number of aromatic nitrogens is 2. The molecule has 0 spiro atoms. The van der Waals surface area contributed by atoms with Crippen LogP contribution >= 0.6 is 0 Å². The van der Waals surface area contributed by atoms with Crippen molar-refractivity contribution in [1.82, 2.24) is 14.7 Å². The van der Waals surface area contributed by atoms with Gasteiger partial charge in [0.1, 0.15) is 11.4 Å². The molecule has 0 aliphatic carbocycles. The second-order valence-corrected chi connectivity index (χ2v) is 7.43. The number of carbonyl (C=O) groups excluding carboxylic acids is 3. The smallest absolute Gasteiger partial charge is 0.410 e. The van der Waals surface area contributed by atoms with Crippen LogP contribution in [0, 0.1) is 11.7 Å². The maximum atomic E-state index is 13.2. The Labute approximate surface area is 190 Å². The van der Waals surface area contributed by atoms with Crippen LogP contribution in [-0.2, 0) is 14.3 Å². The number of benzene rings is 1. The number of allylic oxidation sites excluding steroid dienone is 1. The van der Waals surface area contributed by atoms with Gasteiger partial charge in [0.2, 0.25) is 0 Å². The average molecular weight is 459 g/mol. The van der Waals surface area contributed by atoms with E-state index in [1.54, 1.807) is 17.7 Å². The Hall–Kier alpha value is -3.89. The van der Waals surface area contributed by atoms with Gasteiger partial charge in [-0.2, -0.15) is 5.10 Å². The topological polar surface area (TPSA) is 129 Å². The summed E-state index contributed by atoms with van der Waals surface area (Å²) in [5.74, 6) is -1.55. The third kappa shape index (κ3) is 5.88. The van der Waals surface area contributed by atoms with Gasteiger partial charge in [-0.1, -0.05) is 6.08 Å². The van der Waals surface area contributed by atoms with Crippen molar-refractivity contribution in [3.8, 4) is 0 Å². The van der Waals surface area contributed by atoms with Gasteiger partial charge >= 0.3 is 12.1 Å². The molecule has 1 saturated heterocycles. The summed E-state index contributed by atoms with van der Waals surface area (Å²) < 4.78 is 24.6. The van der Waals surface area contributed by atoms with E-state index in [0.717, 1.165) is 0 Å². The molecule has 0 radical (unpaired) electrons. The zero-order valence-electron chi connectivity index (χ0n) is 18.2. The Morgan fingerprint density at radius 2 is 2.03 bits per heavy atom. The molecule has 1 fully saturated rings. The number of carbonyl (C=O) groups is 3. The fraction of sp³-hybridized carbons (Fsp3) is 0.364. The molecular weight excluding hydrogens is 433 g/mol. The fourth-order valence-corrected chi connectivity index (χ4v) is 3.59. The molecule has 1 aliphatic rings. The highest BCUT2D eigenvalue weighted by atomic mass is 19.1. The van der Waals surface area contributed by atoms with Gasteiger partial charge in [-0.25, -0.2) is 14.0 Å². The number of hydrogen-bond acceptors (Lipinski definition) is 7. The number of anilines is 2. The van der Waals surface area contributed by atoms with Crippen LogP contribution in [-0.4, -0.2) is 59.0 Å². The molecule has 2 aromatic rings. The molecule has 0 unspecified atom stereocenters. The SMILES string of the molecule is C=C[C@@H]1CCN(C(=O)OCC(=O)OCC)C[C@H]1n1cc(C(N)=O)c(Nc2ccc(F)cc2)n1. The quantitative estimate of drug-likeness (QED) is 0.459. The first kappa shape index (κ1) is 23.8. The Bertz CT molecular complexity index is 1020. The summed E-state index contributed by atoms with van der Waals surface area (Å²) in [6, 6.07) is 5.21. The number of primary amides is 1. The molecule has 2 atom stereocenters. The van der Waals surface area contributed by atoms with Gasteiger partial charge < -0.3 is 25.4 Å². The molecule has 2 heterocycles. The second-order valence-electron chi connectivity index (χ2n) is 7.43. The fourth-order valence-electron chi connectivity index (χ4n) is 3.59. The van der Waals surface area contributed by atoms with E-state index in [1.807, 2.05) is 0 Å². The molecule has 2 amide bonds. The number of nitrogens with two attached hydrogens (primary N) is 1. The standard InChI is InChI=1S/C22H26FN5O5/c1-3-14-9-10-27(22(31)33-13-19(29)32-4-2)12-18(14)28-11-17(20(24)30)21(26-28)25-16-7-5-15(23)6-8-16/h3,5-8,11,14,18H,1,4,9-10,12-13H2,2H3,(H2,24,30)(H,25,26)/t14-,18-/m1/s1. The molecular formula is C22H26FN5O5. The van der Waals surface area contributed by atoms with E-state index in [4.69, 9.17) is 15.2 Å². The minimum Gasteiger partial charge on any atom is -0.463 e.